The van der Waals surface area contributed by atoms with E-state index in [0.29, 0.717) is 29.4 Å². The average molecular weight is 570 g/mol. The second-order valence-electron chi connectivity index (χ2n) is 13.3. The Balaban J connectivity index is 1.12. The molecule has 0 radical (unpaired) electrons. The van der Waals surface area contributed by atoms with Gasteiger partial charge in [-0.15, -0.1) is 0 Å². The second kappa shape index (κ2) is 10.0. The molecule has 1 atom stereocenters. The Morgan fingerprint density at radius 2 is 1.62 bits per heavy atom. The number of nitrogens with one attached hydrogen (secondary N) is 1. The molecule has 5 nitrogen and oxygen atoms in total. The Morgan fingerprint density at radius 1 is 1.00 bits per heavy atom. The van der Waals surface area contributed by atoms with E-state index >= 15 is 0 Å². The summed E-state index contributed by atoms with van der Waals surface area (Å²) in [6.07, 6.45) is 6.78. The Bertz CT molecular complexity index is 1620. The number of alkyl halides is 1. The van der Waals surface area contributed by atoms with Crippen LogP contribution in [0.2, 0.25) is 0 Å². The first-order valence-corrected chi connectivity index (χ1v) is 15.1. The number of hydrogen-bond acceptors (Lipinski definition) is 3. The molecule has 0 unspecified atom stereocenters. The van der Waals surface area contributed by atoms with Crippen LogP contribution in [0, 0.1) is 11.2 Å². The lowest BCUT2D eigenvalue weighted by Crippen LogP contribution is -2.58. The van der Waals surface area contributed by atoms with E-state index in [0.717, 1.165) is 55.5 Å². The summed E-state index contributed by atoms with van der Waals surface area (Å²) in [5, 5.41) is 3.09. The van der Waals surface area contributed by atoms with Crippen LogP contribution in [0.3, 0.4) is 0 Å². The molecule has 4 aliphatic rings. The van der Waals surface area contributed by atoms with Crippen molar-refractivity contribution in [1.82, 2.24) is 14.8 Å². The number of amides is 1. The highest BCUT2D eigenvalue weighted by Gasteiger charge is 2.49. The maximum Gasteiger partial charge on any atom is 0.254 e. The van der Waals surface area contributed by atoms with Crippen molar-refractivity contribution >= 4 is 11.5 Å². The van der Waals surface area contributed by atoms with Gasteiger partial charge in [0.15, 0.2) is 0 Å². The number of hydrogen-bond donors (Lipinski definition) is 1. The zero-order chi connectivity index (χ0) is 29.2. The lowest BCUT2D eigenvalue weighted by Gasteiger charge is -2.56. The molecule has 4 fully saturated rings. The summed E-state index contributed by atoms with van der Waals surface area (Å²) in [6.45, 7) is 3.59. The number of nitrogens with zero attached hydrogens (tertiary/aromatic N) is 2. The molecule has 2 heterocycles. The minimum atomic E-state index is -0.788. The largest absolute Gasteiger partial charge is 0.345 e. The molecule has 0 bridgehead atoms. The van der Waals surface area contributed by atoms with Gasteiger partial charge in [0.1, 0.15) is 12.5 Å². The van der Waals surface area contributed by atoms with Crippen molar-refractivity contribution in [3.05, 3.63) is 110 Å². The van der Waals surface area contributed by atoms with Crippen molar-refractivity contribution in [2.24, 2.45) is 5.41 Å². The van der Waals surface area contributed by atoms with Gasteiger partial charge >= 0.3 is 0 Å². The van der Waals surface area contributed by atoms with Gasteiger partial charge in [-0.2, -0.15) is 0 Å². The van der Waals surface area contributed by atoms with Crippen molar-refractivity contribution in [3.63, 3.8) is 0 Å². The molecule has 1 saturated heterocycles. The van der Waals surface area contributed by atoms with Crippen LogP contribution in [-0.4, -0.2) is 42.2 Å². The van der Waals surface area contributed by atoms with E-state index < -0.39 is 12.2 Å². The van der Waals surface area contributed by atoms with Gasteiger partial charge in [0.2, 0.25) is 0 Å². The van der Waals surface area contributed by atoms with Crippen LogP contribution < -0.4 is 10.9 Å². The van der Waals surface area contributed by atoms with E-state index in [-0.39, 0.29) is 29.2 Å². The molecule has 3 aliphatic carbocycles. The molecule has 1 spiro atoms. The molecular weight excluding hydrogens is 532 g/mol. The summed E-state index contributed by atoms with van der Waals surface area (Å²) in [5.74, 6) is -0.348. The van der Waals surface area contributed by atoms with E-state index in [1.165, 1.54) is 27.8 Å². The molecule has 42 heavy (non-hydrogen) atoms. The summed E-state index contributed by atoms with van der Waals surface area (Å²) in [7, 11) is 2.16. The van der Waals surface area contributed by atoms with Crippen molar-refractivity contribution in [2.75, 3.05) is 26.8 Å². The summed E-state index contributed by atoms with van der Waals surface area (Å²) in [5.41, 5.74) is 6.14. The van der Waals surface area contributed by atoms with Crippen molar-refractivity contribution < 1.29 is 13.6 Å². The van der Waals surface area contributed by atoms with Crippen molar-refractivity contribution in [3.8, 4) is 0 Å². The van der Waals surface area contributed by atoms with Crippen molar-refractivity contribution in [2.45, 2.75) is 62.9 Å². The highest BCUT2D eigenvalue weighted by atomic mass is 19.1. The minimum Gasteiger partial charge on any atom is -0.345 e. The average Bonchev–Trinajstić information content (AvgIpc) is 3.88. The number of carbonyl (C=O) groups is 1. The smallest absolute Gasteiger partial charge is 0.254 e. The fourth-order valence-corrected chi connectivity index (χ4v) is 7.20. The van der Waals surface area contributed by atoms with E-state index in [4.69, 9.17) is 0 Å². The van der Waals surface area contributed by atoms with Crippen LogP contribution in [0.4, 0.5) is 8.78 Å². The van der Waals surface area contributed by atoms with Crippen LogP contribution >= 0.6 is 0 Å². The lowest BCUT2D eigenvalue weighted by atomic mass is 9.59. The molecule has 218 valence electrons. The Morgan fingerprint density at radius 3 is 2.17 bits per heavy atom. The van der Waals surface area contributed by atoms with Gasteiger partial charge in [-0.1, -0.05) is 42.0 Å². The topological polar surface area (TPSA) is 54.3 Å². The summed E-state index contributed by atoms with van der Waals surface area (Å²) in [4.78, 5) is 28.9. The third-order valence-corrected chi connectivity index (χ3v) is 9.83. The van der Waals surface area contributed by atoms with Crippen molar-refractivity contribution in [1.29, 1.82) is 0 Å². The van der Waals surface area contributed by atoms with E-state index in [1.807, 2.05) is 31.2 Å². The lowest BCUT2D eigenvalue weighted by molar-refractivity contribution is -0.0106. The SMILES string of the molecule is C[C@@H](NC(=O)c1cc(C2CC2)c(=O)n(C2(CF)CC2)c1)c1ccc(C(=C2CC3(C2)CN(C)C3)c2ccc(F)cc2)cc1. The molecule has 3 aromatic rings. The maximum absolute atomic E-state index is 13.9. The molecule has 7 rings (SSSR count). The monoisotopic (exact) mass is 569 g/mol. The highest BCUT2D eigenvalue weighted by molar-refractivity contribution is 5.94. The molecule has 1 aromatic heterocycles. The Labute approximate surface area is 245 Å². The van der Waals surface area contributed by atoms with Gasteiger partial charge in [-0.05, 0) is 98.9 Å². The number of halogens is 2. The Kier molecular flexibility index (Phi) is 6.50. The zero-order valence-corrected chi connectivity index (χ0v) is 24.3. The van der Waals surface area contributed by atoms with Gasteiger partial charge in [-0.25, -0.2) is 8.78 Å². The number of benzene rings is 2. The normalized spacial score (nSPS) is 20.9. The molecule has 1 amide bonds. The zero-order valence-electron chi connectivity index (χ0n) is 24.3. The van der Waals surface area contributed by atoms with Gasteiger partial charge in [0.05, 0.1) is 17.1 Å². The molecule has 7 heteroatoms. The van der Waals surface area contributed by atoms with Crippen LogP contribution in [0.1, 0.15) is 90.0 Å². The summed E-state index contributed by atoms with van der Waals surface area (Å²) in [6, 6.07) is 16.4. The predicted octanol–water partition coefficient (Wildman–Crippen LogP) is 6.34. The maximum atomic E-state index is 13.9. The second-order valence-corrected chi connectivity index (χ2v) is 13.3. The number of allylic oxidation sites excluding steroid dienone is 1. The minimum absolute atomic E-state index is 0.152. The van der Waals surface area contributed by atoms with Gasteiger partial charge in [0, 0.05) is 30.3 Å². The molecule has 1 aliphatic heterocycles. The van der Waals surface area contributed by atoms with Gasteiger partial charge in [-0.3, -0.25) is 9.59 Å². The highest BCUT2D eigenvalue weighted by Crippen LogP contribution is 2.54. The molecule has 2 aromatic carbocycles. The fraction of sp³-hybridized carbons (Fsp3) is 0.429. The fourth-order valence-electron chi connectivity index (χ4n) is 7.20. The van der Waals surface area contributed by atoms with E-state index in [9.17, 15) is 18.4 Å². The van der Waals surface area contributed by atoms with E-state index in [1.54, 1.807) is 12.3 Å². The standard InChI is InChI=1S/C35H37F2N3O2/c1-22(38-32(41)27-15-30(24-5-6-24)33(42)40(18-27)35(19-36)13-14-35)23-3-7-25(8-4-23)31(26-9-11-29(37)12-10-26)28-16-34(17-28)20-39(2)21-34/h3-4,7-12,15,18,22,24H,5-6,13-14,16-17,19-21H2,1-2H3,(H,38,41)/t22-/m1/s1. The number of carbonyl (C=O) groups excluding carboxylic acids is 1. The molecule has 1 N–H and O–H groups in total. The van der Waals surface area contributed by atoms with Crippen LogP contribution in [0.5, 0.6) is 0 Å². The van der Waals surface area contributed by atoms with E-state index in [2.05, 4.69) is 29.4 Å². The van der Waals surface area contributed by atoms with Crippen LogP contribution in [-0.2, 0) is 5.54 Å². The summed E-state index contributed by atoms with van der Waals surface area (Å²) < 4.78 is 29.1. The van der Waals surface area contributed by atoms with Gasteiger partial charge < -0.3 is 14.8 Å². The van der Waals surface area contributed by atoms with Gasteiger partial charge in [0.25, 0.3) is 11.5 Å². The first-order valence-electron chi connectivity index (χ1n) is 15.1. The number of aromatic nitrogens is 1. The number of rotatable bonds is 8. The first kappa shape index (κ1) is 27.3. The predicted molar refractivity (Wildman–Crippen MR) is 160 cm³/mol. The van der Waals surface area contributed by atoms with Crippen LogP contribution in [0.25, 0.3) is 5.57 Å². The quantitative estimate of drug-likeness (QED) is 0.344. The molecular formula is C35H37F2N3O2. The third-order valence-electron chi connectivity index (χ3n) is 9.83. The molecule has 3 saturated carbocycles. The number of pyridine rings is 1. The first-order chi connectivity index (χ1) is 20.2. The number of likely N-dealkylation sites (tertiary alicyclic amines) is 1. The summed E-state index contributed by atoms with van der Waals surface area (Å²) >= 11 is 0. The Hall–Kier alpha value is -3.58. The van der Waals surface area contributed by atoms with Crippen LogP contribution in [0.15, 0.2) is 71.2 Å². The third kappa shape index (κ3) is 4.81.